The summed E-state index contributed by atoms with van der Waals surface area (Å²) in [6, 6.07) is 7.52. The number of carbonyl (C=O) groups excluding carboxylic acids is 5. The zero-order valence-electron chi connectivity index (χ0n) is 21.8. The number of ether oxygens (including phenoxy) is 5. The fourth-order valence-electron chi connectivity index (χ4n) is 3.82. The SMILES string of the molecule is CC(=O)OC[C@H]1O[C@@H](CC(=O)/C=C/c2ccc(N(C)C)cc2)[C@H](OC(C)=O)[C@@H](OC(C)=O)[C@@H]1OC(C)=O. The topological polar surface area (TPSA) is 135 Å². The molecule has 0 N–H and O–H groups in total. The highest BCUT2D eigenvalue weighted by molar-refractivity contribution is 5.94. The molecule has 0 saturated carbocycles. The van der Waals surface area contributed by atoms with Gasteiger partial charge in [0.05, 0.1) is 0 Å². The maximum Gasteiger partial charge on any atom is 0.303 e. The van der Waals surface area contributed by atoms with Gasteiger partial charge in [-0.1, -0.05) is 18.2 Å². The minimum absolute atomic E-state index is 0.259. The summed E-state index contributed by atoms with van der Waals surface area (Å²) >= 11 is 0. The van der Waals surface area contributed by atoms with Crippen LogP contribution in [0.15, 0.2) is 30.3 Å². The number of hydrogen-bond donors (Lipinski definition) is 0. The Bertz CT molecular complexity index is 1020. The van der Waals surface area contributed by atoms with Crippen molar-refractivity contribution in [3.05, 3.63) is 35.9 Å². The molecule has 11 nitrogen and oxygen atoms in total. The summed E-state index contributed by atoms with van der Waals surface area (Å²) in [4.78, 5) is 61.8. The van der Waals surface area contributed by atoms with Crippen LogP contribution >= 0.6 is 0 Å². The molecule has 0 bridgehead atoms. The molecule has 2 rings (SSSR count). The van der Waals surface area contributed by atoms with Gasteiger partial charge in [-0.05, 0) is 23.8 Å². The Morgan fingerprint density at radius 3 is 1.78 bits per heavy atom. The fraction of sp³-hybridized carbons (Fsp3) is 0.500. The number of carbonyl (C=O) groups is 5. The Balaban J connectivity index is 2.32. The molecule has 0 unspecified atom stereocenters. The van der Waals surface area contributed by atoms with Crippen molar-refractivity contribution in [2.24, 2.45) is 0 Å². The maximum atomic E-state index is 12.9. The van der Waals surface area contributed by atoms with Crippen molar-refractivity contribution in [2.45, 2.75) is 64.6 Å². The van der Waals surface area contributed by atoms with Crippen LogP contribution in [0.25, 0.3) is 6.08 Å². The van der Waals surface area contributed by atoms with E-state index >= 15 is 0 Å². The van der Waals surface area contributed by atoms with Gasteiger partial charge in [0.2, 0.25) is 0 Å². The molecule has 0 spiro atoms. The van der Waals surface area contributed by atoms with E-state index in [4.69, 9.17) is 23.7 Å². The molecule has 37 heavy (non-hydrogen) atoms. The van der Waals surface area contributed by atoms with Crippen molar-refractivity contribution in [2.75, 3.05) is 25.6 Å². The first-order chi connectivity index (χ1) is 17.4. The minimum Gasteiger partial charge on any atom is -0.463 e. The van der Waals surface area contributed by atoms with E-state index in [1.54, 1.807) is 6.08 Å². The molecule has 1 aliphatic heterocycles. The predicted octanol–water partition coefficient (Wildman–Crippen LogP) is 1.85. The Labute approximate surface area is 215 Å². The third-order valence-electron chi connectivity index (χ3n) is 5.36. The van der Waals surface area contributed by atoms with Gasteiger partial charge in [-0.2, -0.15) is 0 Å². The van der Waals surface area contributed by atoms with Crippen LogP contribution in [0.5, 0.6) is 0 Å². The highest BCUT2D eigenvalue weighted by Gasteiger charge is 2.52. The van der Waals surface area contributed by atoms with Gasteiger partial charge in [0.15, 0.2) is 24.1 Å². The van der Waals surface area contributed by atoms with Crippen molar-refractivity contribution in [3.8, 4) is 0 Å². The molecule has 5 atom stereocenters. The van der Waals surface area contributed by atoms with Crippen LogP contribution in [0.3, 0.4) is 0 Å². The molecule has 1 aromatic carbocycles. The van der Waals surface area contributed by atoms with Crippen molar-refractivity contribution < 1.29 is 47.7 Å². The van der Waals surface area contributed by atoms with Gasteiger partial charge in [0, 0.05) is 53.9 Å². The molecule has 0 aliphatic carbocycles. The van der Waals surface area contributed by atoms with E-state index in [-0.39, 0.29) is 18.8 Å². The quantitative estimate of drug-likeness (QED) is 0.255. The third kappa shape index (κ3) is 9.34. The summed E-state index contributed by atoms with van der Waals surface area (Å²) in [5.41, 5.74) is 1.79. The molecule has 1 heterocycles. The summed E-state index contributed by atoms with van der Waals surface area (Å²) < 4.78 is 27.1. The molecule has 0 amide bonds. The average Bonchev–Trinajstić information content (AvgIpc) is 2.79. The lowest BCUT2D eigenvalue weighted by atomic mass is 9.91. The number of anilines is 1. The van der Waals surface area contributed by atoms with Crippen LogP contribution in [0.2, 0.25) is 0 Å². The summed E-state index contributed by atoms with van der Waals surface area (Å²) in [7, 11) is 3.84. The van der Waals surface area contributed by atoms with E-state index in [0.717, 1.165) is 32.0 Å². The minimum atomic E-state index is -1.31. The maximum absolute atomic E-state index is 12.9. The summed E-state index contributed by atoms with van der Waals surface area (Å²) in [5, 5.41) is 0. The number of esters is 4. The first-order valence-corrected chi connectivity index (χ1v) is 11.7. The summed E-state index contributed by atoms with van der Waals surface area (Å²) in [5.74, 6) is -3.17. The standard InChI is InChI=1S/C26H33NO10/c1-15(28)33-14-23-25(35-17(3)30)26(36-18(4)31)24(34-16(2)29)22(37-23)13-21(32)12-9-19-7-10-20(11-8-19)27(5)6/h7-12,22-26H,13-14H2,1-6H3/b12-9+/t22-,23+,24-,25+,26+/m0/s1. The van der Waals surface area contributed by atoms with Crippen molar-refractivity contribution in [3.63, 3.8) is 0 Å². The molecule has 1 aliphatic rings. The lowest BCUT2D eigenvalue weighted by Crippen LogP contribution is -2.62. The van der Waals surface area contributed by atoms with Crippen molar-refractivity contribution in [1.29, 1.82) is 0 Å². The molecular formula is C26H33NO10. The van der Waals surface area contributed by atoms with Crippen LogP contribution in [0, 0.1) is 0 Å². The van der Waals surface area contributed by atoms with E-state index in [2.05, 4.69) is 0 Å². The molecule has 1 aromatic rings. The molecule has 11 heteroatoms. The van der Waals surface area contributed by atoms with Gasteiger partial charge in [-0.15, -0.1) is 0 Å². The Morgan fingerprint density at radius 1 is 0.784 bits per heavy atom. The van der Waals surface area contributed by atoms with Crippen LogP contribution in [-0.4, -0.2) is 80.9 Å². The van der Waals surface area contributed by atoms with Gasteiger partial charge >= 0.3 is 23.9 Å². The zero-order valence-corrected chi connectivity index (χ0v) is 21.8. The first kappa shape index (κ1) is 29.5. The second-order valence-corrected chi connectivity index (χ2v) is 8.73. The monoisotopic (exact) mass is 519 g/mol. The van der Waals surface area contributed by atoms with Gasteiger partial charge in [-0.3, -0.25) is 24.0 Å². The average molecular weight is 520 g/mol. The lowest BCUT2D eigenvalue weighted by molar-refractivity contribution is -0.252. The van der Waals surface area contributed by atoms with Gasteiger partial charge in [0.25, 0.3) is 0 Å². The summed E-state index contributed by atoms with van der Waals surface area (Å²) in [6.07, 6.45) is -3.28. The van der Waals surface area contributed by atoms with Crippen LogP contribution in [0.4, 0.5) is 5.69 Å². The Morgan fingerprint density at radius 2 is 1.30 bits per heavy atom. The number of ketones is 1. The Hall–Kier alpha value is -3.73. The van der Waals surface area contributed by atoms with E-state index in [1.807, 2.05) is 43.3 Å². The first-order valence-electron chi connectivity index (χ1n) is 11.7. The van der Waals surface area contributed by atoms with Crippen LogP contribution < -0.4 is 4.90 Å². The molecule has 1 saturated heterocycles. The largest absolute Gasteiger partial charge is 0.463 e. The predicted molar refractivity (Wildman–Crippen MR) is 131 cm³/mol. The second-order valence-electron chi connectivity index (χ2n) is 8.73. The molecule has 202 valence electrons. The number of benzene rings is 1. The number of hydrogen-bond acceptors (Lipinski definition) is 11. The smallest absolute Gasteiger partial charge is 0.303 e. The van der Waals surface area contributed by atoms with E-state index in [0.29, 0.717) is 0 Å². The number of rotatable bonds is 10. The van der Waals surface area contributed by atoms with Crippen molar-refractivity contribution >= 4 is 41.4 Å². The Kier molecular flexibility index (Phi) is 10.8. The molecule has 0 radical (unpaired) electrons. The highest BCUT2D eigenvalue weighted by atomic mass is 16.7. The lowest BCUT2D eigenvalue weighted by Gasteiger charge is -2.44. The molecule has 0 aromatic heterocycles. The van der Waals surface area contributed by atoms with Gasteiger partial charge in [-0.25, -0.2) is 0 Å². The third-order valence-corrected chi connectivity index (χ3v) is 5.36. The highest BCUT2D eigenvalue weighted by Crippen LogP contribution is 2.31. The van der Waals surface area contributed by atoms with Gasteiger partial charge < -0.3 is 28.6 Å². The number of nitrogens with zero attached hydrogens (tertiary/aromatic N) is 1. The molecule has 1 fully saturated rings. The second kappa shape index (κ2) is 13.5. The molecular weight excluding hydrogens is 486 g/mol. The van der Waals surface area contributed by atoms with Gasteiger partial charge in [0.1, 0.15) is 18.8 Å². The fourth-order valence-corrected chi connectivity index (χ4v) is 3.82. The summed E-state index contributed by atoms with van der Waals surface area (Å²) in [6.45, 7) is 4.26. The number of allylic oxidation sites excluding steroid dienone is 1. The zero-order chi connectivity index (χ0) is 27.7. The van der Waals surface area contributed by atoms with E-state index < -0.39 is 54.4 Å². The van der Waals surface area contributed by atoms with E-state index in [9.17, 15) is 24.0 Å². The normalized spacial score (nSPS) is 23.1. The van der Waals surface area contributed by atoms with Crippen LogP contribution in [-0.2, 0) is 47.7 Å². The van der Waals surface area contributed by atoms with Crippen LogP contribution in [0.1, 0.15) is 39.7 Å². The van der Waals surface area contributed by atoms with Crippen molar-refractivity contribution in [1.82, 2.24) is 0 Å². The van der Waals surface area contributed by atoms with E-state index in [1.165, 1.54) is 13.0 Å².